The van der Waals surface area contributed by atoms with E-state index in [2.05, 4.69) is 39.5 Å². The molecule has 2 atom stereocenters. The van der Waals surface area contributed by atoms with Crippen molar-refractivity contribution in [3.63, 3.8) is 0 Å². The van der Waals surface area contributed by atoms with E-state index in [4.69, 9.17) is 16.6 Å². The average Bonchev–Trinajstić information content (AvgIpc) is 3.42. The second-order valence-electron chi connectivity index (χ2n) is 8.95. The van der Waals surface area contributed by atoms with Crippen molar-refractivity contribution in [3.8, 4) is 0 Å². The minimum atomic E-state index is 0.134. The van der Waals surface area contributed by atoms with E-state index >= 15 is 0 Å². The molecule has 1 saturated heterocycles. The largest absolute Gasteiger partial charge is 0.368 e. The summed E-state index contributed by atoms with van der Waals surface area (Å²) in [6.07, 6.45) is 15.7. The molecule has 2 aromatic heterocycles. The van der Waals surface area contributed by atoms with Crippen LogP contribution in [-0.4, -0.2) is 39.9 Å². The van der Waals surface area contributed by atoms with Crippen LogP contribution in [0.4, 0.5) is 5.82 Å². The van der Waals surface area contributed by atoms with Gasteiger partial charge in [0.2, 0.25) is 0 Å². The first-order valence-electron chi connectivity index (χ1n) is 11.0. The third-order valence-corrected chi connectivity index (χ3v) is 7.94. The lowest BCUT2D eigenvalue weighted by Gasteiger charge is -2.40. The molecule has 0 aromatic carbocycles. The molecule has 7 heteroatoms. The number of halogens is 1. The lowest BCUT2D eigenvalue weighted by molar-refractivity contribution is 0.0549. The van der Waals surface area contributed by atoms with Gasteiger partial charge in [0.05, 0.1) is 15.7 Å². The zero-order valence-corrected chi connectivity index (χ0v) is 19.3. The molecule has 2 aromatic rings. The van der Waals surface area contributed by atoms with Crippen LogP contribution in [0.5, 0.6) is 0 Å². The van der Waals surface area contributed by atoms with Gasteiger partial charge in [0, 0.05) is 31.2 Å². The smallest absolute Gasteiger partial charge is 0.266 e. The van der Waals surface area contributed by atoms with E-state index in [-0.39, 0.29) is 17.9 Å². The summed E-state index contributed by atoms with van der Waals surface area (Å²) in [5, 5.41) is 5.01. The molecular formula is C24H27ClN4OS. The van der Waals surface area contributed by atoms with Gasteiger partial charge in [-0.3, -0.25) is 4.79 Å². The molecule has 1 saturated carbocycles. The number of nitrogens with one attached hydrogen (secondary N) is 1. The highest BCUT2D eigenvalue weighted by atomic mass is 35.5. The summed E-state index contributed by atoms with van der Waals surface area (Å²) in [6.45, 7) is 3.51. The maximum atomic E-state index is 13.8. The summed E-state index contributed by atoms with van der Waals surface area (Å²) in [5.41, 5.74) is 1.38. The number of pyridine rings is 1. The molecule has 2 unspecified atom stereocenters. The van der Waals surface area contributed by atoms with E-state index < -0.39 is 0 Å². The Kier molecular flexibility index (Phi) is 5.61. The maximum absolute atomic E-state index is 13.8. The number of hydrogen-bond donors (Lipinski definition) is 1. The highest BCUT2D eigenvalue weighted by molar-refractivity contribution is 7.13. The number of amides is 1. The van der Waals surface area contributed by atoms with E-state index in [1.165, 1.54) is 24.2 Å². The Morgan fingerprint density at radius 3 is 2.90 bits per heavy atom. The molecule has 5 rings (SSSR count). The number of hydrogen-bond acceptors (Lipinski definition) is 5. The van der Waals surface area contributed by atoms with Crippen molar-refractivity contribution in [3.05, 3.63) is 63.2 Å². The number of allylic oxidation sites excluding steroid dienone is 4. The number of nitrogens with zero attached hydrogens (tertiary/aromatic N) is 3. The van der Waals surface area contributed by atoms with Gasteiger partial charge in [0.15, 0.2) is 0 Å². The third-order valence-electron chi connectivity index (χ3n) is 6.74. The van der Waals surface area contributed by atoms with Crippen LogP contribution >= 0.6 is 22.9 Å². The van der Waals surface area contributed by atoms with Crippen molar-refractivity contribution in [2.45, 2.75) is 51.0 Å². The van der Waals surface area contributed by atoms with Crippen molar-refractivity contribution in [2.24, 2.45) is 5.41 Å². The summed E-state index contributed by atoms with van der Waals surface area (Å²) in [4.78, 5) is 25.8. The number of aryl methyl sites for hydroxylation is 1. The van der Waals surface area contributed by atoms with Crippen molar-refractivity contribution in [1.82, 2.24) is 14.9 Å². The highest BCUT2D eigenvalue weighted by Crippen LogP contribution is 2.55. The van der Waals surface area contributed by atoms with Crippen molar-refractivity contribution < 1.29 is 4.79 Å². The van der Waals surface area contributed by atoms with Gasteiger partial charge >= 0.3 is 0 Å². The van der Waals surface area contributed by atoms with E-state index in [1.54, 1.807) is 6.20 Å². The second-order valence-corrected chi connectivity index (χ2v) is 10.6. The molecular weight excluding hydrogens is 428 g/mol. The molecule has 162 valence electrons. The van der Waals surface area contributed by atoms with Crippen molar-refractivity contribution in [2.75, 3.05) is 18.4 Å². The number of carbonyl (C=O) groups is 1. The minimum absolute atomic E-state index is 0.134. The summed E-state index contributed by atoms with van der Waals surface area (Å²) >= 11 is 7.50. The fourth-order valence-corrected chi connectivity index (χ4v) is 5.85. The number of thiazole rings is 1. The molecule has 3 heterocycles. The lowest BCUT2D eigenvalue weighted by Crippen LogP contribution is -2.49. The predicted octanol–water partition coefficient (Wildman–Crippen LogP) is 5.60. The summed E-state index contributed by atoms with van der Waals surface area (Å²) in [5.74, 6) is 1.11. The van der Waals surface area contributed by atoms with Gasteiger partial charge in [0.1, 0.15) is 10.7 Å². The van der Waals surface area contributed by atoms with Gasteiger partial charge in [-0.1, -0.05) is 35.9 Å². The number of anilines is 1. The Hall–Kier alpha value is -2.18. The third kappa shape index (κ3) is 4.41. The van der Waals surface area contributed by atoms with Crippen LogP contribution in [0.3, 0.4) is 0 Å². The molecule has 1 spiro atoms. The van der Waals surface area contributed by atoms with Crippen LogP contribution < -0.4 is 5.32 Å². The molecule has 0 radical (unpaired) electrons. The Bertz CT molecular complexity index is 1020. The molecule has 3 aliphatic rings. The van der Waals surface area contributed by atoms with Crippen LogP contribution in [0.1, 0.15) is 58.4 Å². The molecule has 1 amide bonds. The average molecular weight is 455 g/mol. The summed E-state index contributed by atoms with van der Waals surface area (Å²) in [7, 11) is 0. The monoisotopic (exact) mass is 454 g/mol. The Morgan fingerprint density at radius 2 is 2.19 bits per heavy atom. The first-order chi connectivity index (χ1) is 15.0. The minimum Gasteiger partial charge on any atom is -0.368 e. The van der Waals surface area contributed by atoms with Crippen molar-refractivity contribution in [1.29, 1.82) is 0 Å². The lowest BCUT2D eigenvalue weighted by atomic mass is 9.87. The molecule has 2 fully saturated rings. The standard InChI is InChI=1S/C24H27ClN4OS/c1-16-28-21(17-5-3-2-4-6-17)22(31-16)23(30)29-12-11-24(9-10-24)13-19(29)15-27-20-8-7-18(25)14-26-20/h2-5,7-8,14,17,19H,6,9-13,15H2,1H3,(H,26,27). The molecule has 31 heavy (non-hydrogen) atoms. The van der Waals surface area contributed by atoms with Crippen molar-refractivity contribution >= 4 is 34.7 Å². The molecule has 0 bridgehead atoms. The quantitative estimate of drug-likeness (QED) is 0.639. The first-order valence-corrected chi connectivity index (χ1v) is 12.2. The van der Waals surface area contributed by atoms with Crippen LogP contribution in [0.2, 0.25) is 5.02 Å². The van der Waals surface area contributed by atoms with Gasteiger partial charge < -0.3 is 10.2 Å². The molecule has 1 aliphatic heterocycles. The summed E-state index contributed by atoms with van der Waals surface area (Å²) < 4.78 is 0. The van der Waals surface area contributed by atoms with Gasteiger partial charge in [-0.2, -0.15) is 0 Å². The molecule has 2 aliphatic carbocycles. The highest BCUT2D eigenvalue weighted by Gasteiger charge is 2.49. The number of carbonyl (C=O) groups excluding carboxylic acids is 1. The zero-order valence-electron chi connectivity index (χ0n) is 17.7. The Labute approximate surface area is 192 Å². The Balaban J connectivity index is 1.37. The normalized spacial score (nSPS) is 23.9. The van der Waals surface area contributed by atoms with Gasteiger partial charge in [-0.05, 0) is 56.6 Å². The van der Waals surface area contributed by atoms with Gasteiger partial charge in [-0.15, -0.1) is 11.3 Å². The van der Waals surface area contributed by atoms with Crippen LogP contribution in [0.25, 0.3) is 0 Å². The number of rotatable bonds is 5. The van der Waals surface area contributed by atoms with Crippen LogP contribution in [-0.2, 0) is 0 Å². The van der Waals surface area contributed by atoms with Crippen LogP contribution in [0.15, 0.2) is 42.6 Å². The number of likely N-dealkylation sites (tertiary alicyclic amines) is 1. The number of piperidine rings is 1. The summed E-state index contributed by atoms with van der Waals surface area (Å²) in [6, 6.07) is 3.87. The topological polar surface area (TPSA) is 58.1 Å². The first kappa shape index (κ1) is 20.7. The van der Waals surface area contributed by atoms with E-state index in [1.807, 2.05) is 19.1 Å². The SMILES string of the molecule is Cc1nc(C2C=CC=CC2)c(C(=O)N2CCC3(CC3)CC2CNc2ccc(Cl)cn2)s1. The zero-order chi connectivity index (χ0) is 21.4. The number of aromatic nitrogens is 2. The Morgan fingerprint density at radius 1 is 1.32 bits per heavy atom. The second kappa shape index (κ2) is 8.40. The van der Waals surface area contributed by atoms with Gasteiger partial charge in [-0.25, -0.2) is 9.97 Å². The van der Waals surface area contributed by atoms with E-state index in [0.717, 1.165) is 47.2 Å². The van der Waals surface area contributed by atoms with E-state index in [9.17, 15) is 4.79 Å². The predicted molar refractivity (Wildman–Crippen MR) is 126 cm³/mol. The fraction of sp³-hybridized carbons (Fsp3) is 0.458. The fourth-order valence-electron chi connectivity index (χ4n) is 4.80. The van der Waals surface area contributed by atoms with Crippen LogP contribution in [0, 0.1) is 12.3 Å². The molecule has 5 nitrogen and oxygen atoms in total. The molecule has 1 N–H and O–H groups in total. The van der Waals surface area contributed by atoms with E-state index in [0.29, 0.717) is 17.0 Å². The maximum Gasteiger partial charge on any atom is 0.266 e. The van der Waals surface area contributed by atoms with Gasteiger partial charge in [0.25, 0.3) is 5.91 Å².